The second-order valence-corrected chi connectivity index (χ2v) is 7.48. The molecule has 0 unspecified atom stereocenters. The van der Waals surface area contributed by atoms with Crippen molar-refractivity contribution in [3.63, 3.8) is 0 Å². The third-order valence-electron chi connectivity index (χ3n) is 4.08. The fourth-order valence-corrected chi connectivity index (χ4v) is 4.03. The molecule has 8 heteroatoms. The summed E-state index contributed by atoms with van der Waals surface area (Å²) in [5.41, 5.74) is 0.176. The van der Waals surface area contributed by atoms with Crippen LogP contribution in [0.15, 0.2) is 23.1 Å². The van der Waals surface area contributed by atoms with Gasteiger partial charge in [0.15, 0.2) is 0 Å². The topological polar surface area (TPSA) is 32.8 Å². The summed E-state index contributed by atoms with van der Waals surface area (Å²) in [4.78, 5) is 16.7. The Balaban J connectivity index is 1.60. The quantitative estimate of drug-likeness (QED) is 0.576. The maximum atomic E-state index is 13.8. The van der Waals surface area contributed by atoms with Gasteiger partial charge in [-0.25, -0.2) is 8.78 Å². The zero-order chi connectivity index (χ0) is 17.8. The van der Waals surface area contributed by atoms with Crippen molar-refractivity contribution in [3.8, 4) is 0 Å². The highest BCUT2D eigenvalue weighted by Gasteiger charge is 2.31. The first-order chi connectivity index (χ1) is 12.0. The number of nitrogens with zero attached hydrogens (tertiary/aromatic N) is 2. The summed E-state index contributed by atoms with van der Waals surface area (Å²) in [7, 11) is 0. The van der Waals surface area contributed by atoms with Crippen LogP contribution in [0, 0.1) is 11.6 Å². The first-order valence-electron chi connectivity index (χ1n) is 8.05. The van der Waals surface area contributed by atoms with Crippen molar-refractivity contribution in [2.45, 2.75) is 6.42 Å². The molecule has 134 valence electrons. The number of thiocarbonyl (C=S) groups is 1. The first-order valence-corrected chi connectivity index (χ1v) is 9.27. The number of thioether (sulfide) groups is 1. The molecule has 2 aliphatic rings. The lowest BCUT2D eigenvalue weighted by Crippen LogP contribution is -2.38. The van der Waals surface area contributed by atoms with E-state index in [4.69, 9.17) is 17.0 Å². The van der Waals surface area contributed by atoms with Crippen molar-refractivity contribution >= 4 is 40.3 Å². The molecule has 0 aliphatic carbocycles. The van der Waals surface area contributed by atoms with Crippen LogP contribution >= 0.6 is 24.0 Å². The molecule has 0 saturated carbocycles. The second kappa shape index (κ2) is 8.35. The Morgan fingerprint density at radius 1 is 1.24 bits per heavy atom. The Labute approximate surface area is 154 Å². The molecule has 0 radical (unpaired) electrons. The van der Waals surface area contributed by atoms with Crippen molar-refractivity contribution in [1.29, 1.82) is 0 Å². The van der Waals surface area contributed by atoms with Gasteiger partial charge < -0.3 is 4.74 Å². The van der Waals surface area contributed by atoms with Gasteiger partial charge in [0, 0.05) is 37.8 Å². The Morgan fingerprint density at radius 2 is 2.00 bits per heavy atom. The minimum absolute atomic E-state index is 0.176. The molecule has 2 fully saturated rings. The second-order valence-electron chi connectivity index (χ2n) is 5.81. The van der Waals surface area contributed by atoms with Crippen LogP contribution in [0.5, 0.6) is 0 Å². The van der Waals surface area contributed by atoms with E-state index in [0.717, 1.165) is 63.2 Å². The van der Waals surface area contributed by atoms with E-state index in [2.05, 4.69) is 4.90 Å². The molecule has 2 saturated heterocycles. The molecule has 4 nitrogen and oxygen atoms in total. The fourth-order valence-electron chi connectivity index (χ4n) is 2.73. The summed E-state index contributed by atoms with van der Waals surface area (Å²) in [6, 6.07) is 3.28. The molecule has 0 aromatic heterocycles. The molecule has 3 rings (SSSR count). The van der Waals surface area contributed by atoms with Gasteiger partial charge in [-0.2, -0.15) is 0 Å². The van der Waals surface area contributed by atoms with Crippen molar-refractivity contribution < 1.29 is 18.3 Å². The van der Waals surface area contributed by atoms with E-state index in [1.807, 2.05) is 0 Å². The lowest BCUT2D eigenvalue weighted by Gasteiger charge is -2.27. The van der Waals surface area contributed by atoms with E-state index >= 15 is 0 Å². The molecule has 0 atom stereocenters. The third kappa shape index (κ3) is 4.63. The minimum Gasteiger partial charge on any atom is -0.379 e. The van der Waals surface area contributed by atoms with Crippen LogP contribution in [-0.4, -0.2) is 59.4 Å². The number of amides is 1. The molecule has 1 aromatic rings. The van der Waals surface area contributed by atoms with Gasteiger partial charge in [-0.1, -0.05) is 24.0 Å². The number of hydrogen-bond donors (Lipinski definition) is 0. The van der Waals surface area contributed by atoms with Gasteiger partial charge in [0.1, 0.15) is 16.0 Å². The molecule has 0 bridgehead atoms. The van der Waals surface area contributed by atoms with Crippen molar-refractivity contribution in [2.24, 2.45) is 0 Å². The summed E-state index contributed by atoms with van der Waals surface area (Å²) in [6.07, 6.45) is 2.24. The number of hydrogen-bond acceptors (Lipinski definition) is 5. The highest BCUT2D eigenvalue weighted by Crippen LogP contribution is 2.33. The standard InChI is InChI=1S/C17H18F2N2O2S2/c18-13-3-2-12(14(19)11-13)10-15-16(22)21(17(24)25-15)5-1-4-20-6-8-23-9-7-20/h2-3,10-11H,1,4-9H2. The van der Waals surface area contributed by atoms with Crippen LogP contribution in [0.25, 0.3) is 6.08 Å². The first kappa shape index (κ1) is 18.4. The molecule has 1 aromatic carbocycles. The minimum atomic E-state index is -0.697. The average molecular weight is 384 g/mol. The van der Waals surface area contributed by atoms with Crippen molar-refractivity contribution in [1.82, 2.24) is 9.80 Å². The zero-order valence-corrected chi connectivity index (χ0v) is 15.2. The number of ether oxygens (including phenoxy) is 1. The van der Waals surface area contributed by atoms with E-state index in [1.54, 1.807) is 4.90 Å². The maximum absolute atomic E-state index is 13.8. The highest BCUT2D eigenvalue weighted by atomic mass is 32.2. The summed E-state index contributed by atoms with van der Waals surface area (Å²) in [5.74, 6) is -1.57. The molecule has 25 heavy (non-hydrogen) atoms. The predicted octanol–water partition coefficient (Wildman–Crippen LogP) is 2.89. The zero-order valence-electron chi connectivity index (χ0n) is 13.5. The van der Waals surface area contributed by atoms with Crippen LogP contribution in [-0.2, 0) is 9.53 Å². The number of rotatable bonds is 5. The van der Waals surface area contributed by atoms with Gasteiger partial charge in [-0.05, 0) is 24.6 Å². The van der Waals surface area contributed by atoms with E-state index in [9.17, 15) is 13.6 Å². The summed E-state index contributed by atoms with van der Waals surface area (Å²) < 4.78 is 32.5. The summed E-state index contributed by atoms with van der Waals surface area (Å²) >= 11 is 6.42. The average Bonchev–Trinajstić information content (AvgIpc) is 2.86. The molecule has 1 amide bonds. The van der Waals surface area contributed by atoms with E-state index < -0.39 is 11.6 Å². The lowest BCUT2D eigenvalue weighted by atomic mass is 10.2. The van der Waals surface area contributed by atoms with Gasteiger partial charge in [0.25, 0.3) is 5.91 Å². The van der Waals surface area contributed by atoms with Gasteiger partial charge in [-0.3, -0.25) is 14.6 Å². The van der Waals surface area contributed by atoms with E-state index in [-0.39, 0.29) is 11.5 Å². The summed E-state index contributed by atoms with van der Waals surface area (Å²) in [5, 5.41) is 0. The maximum Gasteiger partial charge on any atom is 0.266 e. The molecule has 0 N–H and O–H groups in total. The van der Waals surface area contributed by atoms with Gasteiger partial charge in [0.05, 0.1) is 18.1 Å². The van der Waals surface area contributed by atoms with E-state index in [0.29, 0.717) is 15.8 Å². The number of benzene rings is 1. The van der Waals surface area contributed by atoms with Gasteiger partial charge >= 0.3 is 0 Å². The molecule has 0 spiro atoms. The lowest BCUT2D eigenvalue weighted by molar-refractivity contribution is -0.122. The van der Waals surface area contributed by atoms with E-state index in [1.165, 1.54) is 12.1 Å². The SMILES string of the molecule is O=C1C(=Cc2ccc(F)cc2F)SC(=S)N1CCCN1CCOCC1. The fraction of sp³-hybridized carbons (Fsp3) is 0.412. The van der Waals surface area contributed by atoms with Gasteiger partial charge in [-0.15, -0.1) is 0 Å². The number of halogens is 2. The Kier molecular flexibility index (Phi) is 6.16. The smallest absolute Gasteiger partial charge is 0.266 e. The van der Waals surface area contributed by atoms with Crippen molar-refractivity contribution in [3.05, 3.63) is 40.3 Å². The number of morpholine rings is 1. The van der Waals surface area contributed by atoms with Crippen LogP contribution in [0.3, 0.4) is 0 Å². The number of carbonyl (C=O) groups is 1. The molecule has 2 aliphatic heterocycles. The van der Waals surface area contributed by atoms with Crippen molar-refractivity contribution in [2.75, 3.05) is 39.4 Å². The molecule has 2 heterocycles. The third-order valence-corrected chi connectivity index (χ3v) is 5.46. The van der Waals surface area contributed by atoms with Crippen LogP contribution in [0.1, 0.15) is 12.0 Å². The van der Waals surface area contributed by atoms with Crippen LogP contribution in [0.4, 0.5) is 8.78 Å². The Hall–Kier alpha value is -1.35. The van der Waals surface area contributed by atoms with Crippen LogP contribution < -0.4 is 0 Å². The molecular weight excluding hydrogens is 366 g/mol. The van der Waals surface area contributed by atoms with Gasteiger partial charge in [0.2, 0.25) is 0 Å². The highest BCUT2D eigenvalue weighted by molar-refractivity contribution is 8.26. The normalized spacial score (nSPS) is 20.7. The Morgan fingerprint density at radius 3 is 2.72 bits per heavy atom. The largest absolute Gasteiger partial charge is 0.379 e. The monoisotopic (exact) mass is 384 g/mol. The summed E-state index contributed by atoms with van der Waals surface area (Å²) in [6.45, 7) is 4.71. The predicted molar refractivity (Wildman–Crippen MR) is 98.1 cm³/mol. The van der Waals surface area contributed by atoms with Crippen LogP contribution in [0.2, 0.25) is 0 Å². The Bertz CT molecular complexity index is 706. The molecular formula is C17H18F2N2O2S2. The number of carbonyl (C=O) groups excluding carboxylic acids is 1.